The van der Waals surface area contributed by atoms with E-state index < -0.39 is 0 Å². The van der Waals surface area contributed by atoms with Crippen LogP contribution in [0.1, 0.15) is 30.4 Å². The number of rotatable bonds is 5. The number of nitrogens with one attached hydrogen (secondary N) is 1. The van der Waals surface area contributed by atoms with Crippen LogP contribution in [0.4, 0.5) is 11.8 Å². The van der Waals surface area contributed by atoms with Crippen LogP contribution in [-0.2, 0) is 0 Å². The van der Waals surface area contributed by atoms with Crippen molar-refractivity contribution in [2.24, 2.45) is 5.92 Å². The van der Waals surface area contributed by atoms with E-state index in [9.17, 15) is 0 Å². The van der Waals surface area contributed by atoms with Gasteiger partial charge in [0.05, 0.1) is 0 Å². The SMILES string of the molecule is Cc1cccc(C)c1-c1cc2cnc(N)nc2nc1N1CCC(CNC2CC2)C1. The van der Waals surface area contributed by atoms with Crippen LogP contribution < -0.4 is 16.0 Å². The lowest BCUT2D eigenvalue weighted by Crippen LogP contribution is -2.28. The average molecular weight is 389 g/mol. The summed E-state index contributed by atoms with van der Waals surface area (Å²) in [5.41, 5.74) is 11.4. The Labute approximate surface area is 171 Å². The van der Waals surface area contributed by atoms with E-state index in [1.54, 1.807) is 6.20 Å². The zero-order valence-corrected chi connectivity index (χ0v) is 17.2. The molecular formula is C23H28N6. The summed E-state index contributed by atoms with van der Waals surface area (Å²) in [7, 11) is 0. The molecule has 3 heterocycles. The molecule has 1 unspecified atom stereocenters. The van der Waals surface area contributed by atoms with Crippen molar-refractivity contribution in [1.29, 1.82) is 0 Å². The van der Waals surface area contributed by atoms with Gasteiger partial charge in [0.2, 0.25) is 5.95 Å². The maximum Gasteiger partial charge on any atom is 0.222 e. The van der Waals surface area contributed by atoms with Crippen molar-refractivity contribution in [2.45, 2.75) is 39.2 Å². The Balaban J connectivity index is 1.57. The third-order valence-electron chi connectivity index (χ3n) is 6.18. The highest BCUT2D eigenvalue weighted by atomic mass is 15.2. The quantitative estimate of drug-likeness (QED) is 0.697. The van der Waals surface area contributed by atoms with Crippen molar-refractivity contribution in [2.75, 3.05) is 30.3 Å². The van der Waals surface area contributed by atoms with Gasteiger partial charge in [0.1, 0.15) is 5.82 Å². The second-order valence-electron chi connectivity index (χ2n) is 8.55. The van der Waals surface area contributed by atoms with Crippen LogP contribution in [-0.4, -0.2) is 40.6 Å². The molecule has 0 amide bonds. The van der Waals surface area contributed by atoms with Gasteiger partial charge >= 0.3 is 0 Å². The van der Waals surface area contributed by atoms with Gasteiger partial charge in [-0.1, -0.05) is 18.2 Å². The summed E-state index contributed by atoms with van der Waals surface area (Å²) in [6.07, 6.45) is 5.64. The van der Waals surface area contributed by atoms with Crippen molar-refractivity contribution in [1.82, 2.24) is 20.3 Å². The molecule has 2 aliphatic rings. The van der Waals surface area contributed by atoms with Gasteiger partial charge in [-0.25, -0.2) is 9.97 Å². The third kappa shape index (κ3) is 3.65. The first-order chi connectivity index (χ1) is 14.1. The highest BCUT2D eigenvalue weighted by Crippen LogP contribution is 2.38. The van der Waals surface area contributed by atoms with Gasteiger partial charge in [-0.2, -0.15) is 4.98 Å². The van der Waals surface area contributed by atoms with Gasteiger partial charge in [-0.15, -0.1) is 0 Å². The number of aryl methyl sites for hydroxylation is 2. The largest absolute Gasteiger partial charge is 0.368 e. The monoisotopic (exact) mass is 388 g/mol. The smallest absolute Gasteiger partial charge is 0.222 e. The van der Waals surface area contributed by atoms with Crippen molar-refractivity contribution < 1.29 is 0 Å². The highest BCUT2D eigenvalue weighted by Gasteiger charge is 2.29. The van der Waals surface area contributed by atoms with E-state index in [-0.39, 0.29) is 5.95 Å². The number of pyridine rings is 1. The molecule has 6 nitrogen and oxygen atoms in total. The molecule has 150 valence electrons. The topological polar surface area (TPSA) is 80.0 Å². The zero-order valence-electron chi connectivity index (χ0n) is 17.2. The maximum atomic E-state index is 5.84. The van der Waals surface area contributed by atoms with Crippen LogP contribution in [0.15, 0.2) is 30.5 Å². The Morgan fingerprint density at radius 2 is 1.93 bits per heavy atom. The van der Waals surface area contributed by atoms with Gasteiger partial charge in [0.15, 0.2) is 5.65 Å². The fraction of sp³-hybridized carbons (Fsp3) is 0.435. The number of nitrogens with zero attached hydrogens (tertiary/aromatic N) is 4. The van der Waals surface area contributed by atoms with E-state index in [0.717, 1.165) is 42.4 Å². The van der Waals surface area contributed by atoms with Crippen molar-refractivity contribution in [3.63, 3.8) is 0 Å². The number of anilines is 2. The Bertz CT molecular complexity index is 1040. The molecule has 1 aliphatic heterocycles. The summed E-state index contributed by atoms with van der Waals surface area (Å²) in [4.78, 5) is 16.0. The number of nitrogen functional groups attached to an aromatic ring is 1. The highest BCUT2D eigenvalue weighted by molar-refractivity contribution is 5.90. The molecule has 5 rings (SSSR count). The van der Waals surface area contributed by atoms with E-state index in [0.29, 0.717) is 11.6 Å². The van der Waals surface area contributed by atoms with E-state index in [1.807, 2.05) is 0 Å². The standard InChI is InChI=1S/C23H28N6/c1-14-4-3-5-15(2)20(14)19-10-17-12-26-23(24)28-21(17)27-22(19)29-9-8-16(13-29)11-25-18-6-7-18/h3-5,10,12,16,18,25H,6-9,11,13H2,1-2H3,(H2,24,26,27,28). The van der Waals surface area contributed by atoms with Crippen molar-refractivity contribution in [3.05, 3.63) is 41.6 Å². The fourth-order valence-electron chi connectivity index (χ4n) is 4.44. The average Bonchev–Trinajstić information content (AvgIpc) is 3.41. The molecule has 1 aliphatic carbocycles. The number of benzene rings is 1. The summed E-state index contributed by atoms with van der Waals surface area (Å²) >= 11 is 0. The van der Waals surface area contributed by atoms with Crippen LogP contribution in [0.25, 0.3) is 22.2 Å². The summed E-state index contributed by atoms with van der Waals surface area (Å²) in [6.45, 7) is 7.48. The van der Waals surface area contributed by atoms with Crippen LogP contribution in [0.5, 0.6) is 0 Å². The van der Waals surface area contributed by atoms with Crippen LogP contribution >= 0.6 is 0 Å². The lowest BCUT2D eigenvalue weighted by molar-refractivity contribution is 0.515. The maximum absolute atomic E-state index is 5.84. The van der Waals surface area contributed by atoms with E-state index in [2.05, 4.69) is 58.3 Å². The van der Waals surface area contributed by atoms with Gasteiger partial charge in [-0.3, -0.25) is 0 Å². The van der Waals surface area contributed by atoms with Crippen molar-refractivity contribution >= 4 is 22.8 Å². The molecule has 2 aromatic heterocycles. The van der Waals surface area contributed by atoms with Crippen LogP contribution in [0, 0.1) is 19.8 Å². The first kappa shape index (κ1) is 18.3. The predicted octanol–water partition coefficient (Wildman–Crippen LogP) is 3.47. The minimum atomic E-state index is 0.267. The van der Waals surface area contributed by atoms with Gasteiger partial charge < -0.3 is 16.0 Å². The van der Waals surface area contributed by atoms with Gasteiger partial charge in [0, 0.05) is 36.3 Å². The first-order valence-electron chi connectivity index (χ1n) is 10.6. The number of hydrogen-bond donors (Lipinski definition) is 2. The van der Waals surface area contributed by atoms with E-state index in [1.165, 1.54) is 36.0 Å². The normalized spacial score (nSPS) is 19.2. The summed E-state index contributed by atoms with van der Waals surface area (Å²) in [5.74, 6) is 1.94. The molecule has 1 saturated heterocycles. The Morgan fingerprint density at radius 3 is 2.69 bits per heavy atom. The molecule has 1 atom stereocenters. The Morgan fingerprint density at radius 1 is 1.14 bits per heavy atom. The van der Waals surface area contributed by atoms with Crippen molar-refractivity contribution in [3.8, 4) is 11.1 Å². The van der Waals surface area contributed by atoms with E-state index in [4.69, 9.17) is 10.7 Å². The second kappa shape index (κ2) is 7.26. The molecule has 2 fully saturated rings. The number of nitrogens with two attached hydrogens (primary N) is 1. The molecule has 0 spiro atoms. The number of fused-ring (bicyclic) bond motifs is 1. The predicted molar refractivity (Wildman–Crippen MR) is 118 cm³/mol. The molecular weight excluding hydrogens is 360 g/mol. The number of aromatic nitrogens is 3. The molecule has 1 saturated carbocycles. The minimum Gasteiger partial charge on any atom is -0.368 e. The molecule has 0 bridgehead atoms. The minimum absolute atomic E-state index is 0.267. The van der Waals surface area contributed by atoms with Gasteiger partial charge in [-0.05, 0) is 68.3 Å². The Hall–Kier alpha value is -2.73. The summed E-state index contributed by atoms with van der Waals surface area (Å²) in [6, 6.07) is 9.39. The lowest BCUT2D eigenvalue weighted by Gasteiger charge is -2.23. The fourth-order valence-corrected chi connectivity index (χ4v) is 4.44. The lowest BCUT2D eigenvalue weighted by atomic mass is 9.95. The molecule has 3 N–H and O–H groups in total. The van der Waals surface area contributed by atoms with Crippen LogP contribution in [0.3, 0.4) is 0 Å². The van der Waals surface area contributed by atoms with E-state index >= 15 is 0 Å². The molecule has 6 heteroatoms. The second-order valence-corrected chi connectivity index (χ2v) is 8.55. The third-order valence-corrected chi connectivity index (χ3v) is 6.18. The van der Waals surface area contributed by atoms with Gasteiger partial charge in [0.25, 0.3) is 0 Å². The van der Waals surface area contributed by atoms with Crippen LogP contribution in [0.2, 0.25) is 0 Å². The number of hydrogen-bond acceptors (Lipinski definition) is 6. The Kier molecular flexibility index (Phi) is 4.59. The summed E-state index contributed by atoms with van der Waals surface area (Å²) < 4.78 is 0. The molecule has 3 aromatic rings. The molecule has 29 heavy (non-hydrogen) atoms. The molecule has 0 radical (unpaired) electrons. The zero-order chi connectivity index (χ0) is 20.0. The molecule has 1 aromatic carbocycles. The summed E-state index contributed by atoms with van der Waals surface area (Å²) in [5, 5.41) is 4.61. The first-order valence-corrected chi connectivity index (χ1v) is 10.6.